The second kappa shape index (κ2) is 5.47. The summed E-state index contributed by atoms with van der Waals surface area (Å²) >= 11 is 0. The van der Waals surface area contributed by atoms with Crippen molar-refractivity contribution in [1.82, 2.24) is 4.98 Å². The second-order valence-electron chi connectivity index (χ2n) is 4.56. The summed E-state index contributed by atoms with van der Waals surface area (Å²) in [5.74, 6) is 0. The number of hydrogen-bond donors (Lipinski definition) is 1. The zero-order chi connectivity index (χ0) is 12.3. The predicted octanol–water partition coefficient (Wildman–Crippen LogP) is 1.72. The fraction of sp³-hybridized carbons (Fsp3) is 0.615. The van der Waals surface area contributed by atoms with Gasteiger partial charge in [-0.05, 0) is 25.5 Å². The Labute approximate surface area is 103 Å². The molecular weight excluding hydrogens is 214 g/mol. The summed E-state index contributed by atoms with van der Waals surface area (Å²) in [6.45, 7) is 6.69. The molecule has 1 saturated heterocycles. The molecule has 1 aliphatic heterocycles. The number of aromatic nitrogens is 1. The SMILES string of the molecule is CCC1COCCN1c1ccc([C@@H](C)N)nc1. The molecular formula is C13H21N3O. The molecule has 0 aliphatic carbocycles. The Hall–Kier alpha value is -1.13. The Morgan fingerprint density at radius 1 is 1.59 bits per heavy atom. The number of nitrogens with zero attached hydrogens (tertiary/aromatic N) is 2. The van der Waals surface area contributed by atoms with Gasteiger partial charge in [-0.15, -0.1) is 0 Å². The Bertz CT molecular complexity index is 350. The van der Waals surface area contributed by atoms with Crippen LogP contribution in [0.15, 0.2) is 18.3 Å². The van der Waals surface area contributed by atoms with E-state index >= 15 is 0 Å². The van der Waals surface area contributed by atoms with Gasteiger partial charge in [0.15, 0.2) is 0 Å². The first-order valence-electron chi connectivity index (χ1n) is 6.28. The average molecular weight is 235 g/mol. The van der Waals surface area contributed by atoms with Crippen molar-refractivity contribution in [2.24, 2.45) is 5.73 Å². The lowest BCUT2D eigenvalue weighted by atomic mass is 10.1. The maximum atomic E-state index is 5.80. The second-order valence-corrected chi connectivity index (χ2v) is 4.56. The molecule has 0 aromatic carbocycles. The van der Waals surface area contributed by atoms with Crippen molar-refractivity contribution in [3.05, 3.63) is 24.0 Å². The zero-order valence-corrected chi connectivity index (χ0v) is 10.6. The van der Waals surface area contributed by atoms with Crippen LogP contribution in [0, 0.1) is 0 Å². The molecule has 0 amide bonds. The molecule has 1 aliphatic rings. The van der Waals surface area contributed by atoms with Gasteiger partial charge < -0.3 is 15.4 Å². The summed E-state index contributed by atoms with van der Waals surface area (Å²) < 4.78 is 5.50. The lowest BCUT2D eigenvalue weighted by molar-refractivity contribution is 0.0929. The molecule has 2 N–H and O–H groups in total. The van der Waals surface area contributed by atoms with Crippen LogP contribution in [0.4, 0.5) is 5.69 Å². The maximum Gasteiger partial charge on any atom is 0.0670 e. The van der Waals surface area contributed by atoms with Crippen LogP contribution in [0.2, 0.25) is 0 Å². The lowest BCUT2D eigenvalue weighted by Gasteiger charge is -2.36. The topological polar surface area (TPSA) is 51.4 Å². The maximum absolute atomic E-state index is 5.80. The van der Waals surface area contributed by atoms with Crippen molar-refractivity contribution in [3.8, 4) is 0 Å². The molecule has 0 saturated carbocycles. The van der Waals surface area contributed by atoms with E-state index in [1.165, 1.54) is 5.69 Å². The standard InChI is InChI=1S/C13H21N3O/c1-3-11-9-17-7-6-16(11)12-4-5-13(10(2)14)15-8-12/h4-5,8,10-11H,3,6-7,9,14H2,1-2H3/t10-,11?/m1/s1. The van der Waals surface area contributed by atoms with Crippen LogP contribution in [0.3, 0.4) is 0 Å². The number of rotatable bonds is 3. The van der Waals surface area contributed by atoms with Gasteiger partial charge in [0, 0.05) is 12.6 Å². The summed E-state index contributed by atoms with van der Waals surface area (Å²) in [4.78, 5) is 6.79. The van der Waals surface area contributed by atoms with Gasteiger partial charge in [-0.1, -0.05) is 6.92 Å². The Kier molecular flexibility index (Phi) is 3.97. The molecule has 4 nitrogen and oxygen atoms in total. The van der Waals surface area contributed by atoms with Gasteiger partial charge in [0.05, 0.1) is 36.8 Å². The number of hydrogen-bond acceptors (Lipinski definition) is 4. The van der Waals surface area contributed by atoms with E-state index in [0.29, 0.717) is 6.04 Å². The Balaban J connectivity index is 2.15. The average Bonchev–Trinajstić information content (AvgIpc) is 2.39. The highest BCUT2D eigenvalue weighted by atomic mass is 16.5. The van der Waals surface area contributed by atoms with Crippen molar-refractivity contribution in [1.29, 1.82) is 0 Å². The molecule has 2 heterocycles. The van der Waals surface area contributed by atoms with Gasteiger partial charge >= 0.3 is 0 Å². The van der Waals surface area contributed by atoms with Crippen molar-refractivity contribution >= 4 is 5.69 Å². The van der Waals surface area contributed by atoms with Crippen molar-refractivity contribution in [2.75, 3.05) is 24.7 Å². The van der Waals surface area contributed by atoms with E-state index in [2.05, 4.69) is 22.9 Å². The third-order valence-electron chi connectivity index (χ3n) is 3.27. The smallest absolute Gasteiger partial charge is 0.0670 e. The minimum Gasteiger partial charge on any atom is -0.377 e. The molecule has 0 spiro atoms. The predicted molar refractivity (Wildman–Crippen MR) is 69.1 cm³/mol. The van der Waals surface area contributed by atoms with Crippen LogP contribution >= 0.6 is 0 Å². The molecule has 0 radical (unpaired) electrons. The fourth-order valence-electron chi connectivity index (χ4n) is 2.17. The first-order valence-corrected chi connectivity index (χ1v) is 6.28. The van der Waals surface area contributed by atoms with Gasteiger partial charge in [-0.25, -0.2) is 0 Å². The monoisotopic (exact) mass is 235 g/mol. The van der Waals surface area contributed by atoms with Crippen molar-refractivity contribution in [2.45, 2.75) is 32.4 Å². The molecule has 17 heavy (non-hydrogen) atoms. The van der Waals surface area contributed by atoms with E-state index in [1.807, 2.05) is 19.2 Å². The highest BCUT2D eigenvalue weighted by Gasteiger charge is 2.21. The molecule has 2 rings (SSSR count). The minimum absolute atomic E-state index is 0.00397. The summed E-state index contributed by atoms with van der Waals surface area (Å²) in [6, 6.07) is 4.59. The number of pyridine rings is 1. The third kappa shape index (κ3) is 2.76. The highest BCUT2D eigenvalue weighted by molar-refractivity contribution is 5.46. The van der Waals surface area contributed by atoms with Gasteiger partial charge in [-0.2, -0.15) is 0 Å². The third-order valence-corrected chi connectivity index (χ3v) is 3.27. The van der Waals surface area contributed by atoms with Gasteiger partial charge in [-0.3, -0.25) is 4.98 Å². The van der Waals surface area contributed by atoms with E-state index in [0.717, 1.165) is 31.9 Å². The van der Waals surface area contributed by atoms with E-state index in [1.54, 1.807) is 0 Å². The van der Waals surface area contributed by atoms with Crippen molar-refractivity contribution in [3.63, 3.8) is 0 Å². The van der Waals surface area contributed by atoms with Crippen LogP contribution in [0.25, 0.3) is 0 Å². The van der Waals surface area contributed by atoms with Crippen LogP contribution in [0.5, 0.6) is 0 Å². The molecule has 0 bridgehead atoms. The normalized spacial score (nSPS) is 22.5. The van der Waals surface area contributed by atoms with E-state index < -0.39 is 0 Å². The van der Waals surface area contributed by atoms with Gasteiger partial charge in [0.1, 0.15) is 0 Å². The number of anilines is 1. The molecule has 94 valence electrons. The quantitative estimate of drug-likeness (QED) is 0.866. The molecule has 1 aromatic rings. The summed E-state index contributed by atoms with van der Waals surface area (Å²) in [7, 11) is 0. The molecule has 2 atom stereocenters. The lowest BCUT2D eigenvalue weighted by Crippen LogP contribution is -2.45. The van der Waals surface area contributed by atoms with E-state index in [-0.39, 0.29) is 6.04 Å². The van der Waals surface area contributed by atoms with Crippen LogP contribution in [-0.2, 0) is 4.74 Å². The first kappa shape index (κ1) is 12.3. The molecule has 1 unspecified atom stereocenters. The highest BCUT2D eigenvalue weighted by Crippen LogP contribution is 2.21. The molecule has 4 heteroatoms. The molecule has 1 aromatic heterocycles. The summed E-state index contributed by atoms with van der Waals surface area (Å²) in [5.41, 5.74) is 7.91. The van der Waals surface area contributed by atoms with Crippen LogP contribution < -0.4 is 10.6 Å². The summed E-state index contributed by atoms with van der Waals surface area (Å²) in [5, 5.41) is 0. The molecule has 1 fully saturated rings. The zero-order valence-electron chi connectivity index (χ0n) is 10.6. The van der Waals surface area contributed by atoms with Gasteiger partial charge in [0.2, 0.25) is 0 Å². The number of morpholine rings is 1. The van der Waals surface area contributed by atoms with E-state index in [4.69, 9.17) is 10.5 Å². The van der Waals surface area contributed by atoms with Crippen LogP contribution in [-0.4, -0.2) is 30.8 Å². The Morgan fingerprint density at radius 3 is 3.00 bits per heavy atom. The van der Waals surface area contributed by atoms with Gasteiger partial charge in [0.25, 0.3) is 0 Å². The first-order chi connectivity index (χ1) is 8.22. The number of nitrogens with two attached hydrogens (primary N) is 1. The number of ether oxygens (including phenoxy) is 1. The summed E-state index contributed by atoms with van der Waals surface area (Å²) in [6.07, 6.45) is 3.02. The minimum atomic E-state index is -0.00397. The largest absolute Gasteiger partial charge is 0.377 e. The fourth-order valence-corrected chi connectivity index (χ4v) is 2.17. The Morgan fingerprint density at radius 2 is 2.41 bits per heavy atom. The van der Waals surface area contributed by atoms with E-state index in [9.17, 15) is 0 Å². The van der Waals surface area contributed by atoms with Crippen LogP contribution in [0.1, 0.15) is 32.0 Å². The van der Waals surface area contributed by atoms with Crippen molar-refractivity contribution < 1.29 is 4.74 Å².